The van der Waals surface area contributed by atoms with Gasteiger partial charge in [-0.05, 0) is 49.4 Å². The van der Waals surface area contributed by atoms with Gasteiger partial charge in [-0.1, -0.05) is 26.8 Å². The fourth-order valence-electron chi connectivity index (χ4n) is 3.14. The Hall–Kier alpha value is -1.05. The Labute approximate surface area is 153 Å². The highest BCUT2D eigenvalue weighted by Gasteiger charge is 2.47. The molecule has 0 saturated heterocycles. The summed E-state index contributed by atoms with van der Waals surface area (Å²) in [6, 6.07) is 1.62. The second-order valence-electron chi connectivity index (χ2n) is 8.37. The lowest BCUT2D eigenvalue weighted by Gasteiger charge is -2.38. The Kier molecular flexibility index (Phi) is 5.91. The molecule has 1 fully saturated rings. The Morgan fingerprint density at radius 3 is 2.40 bits per heavy atom. The van der Waals surface area contributed by atoms with E-state index in [-0.39, 0.29) is 22.2 Å². The van der Waals surface area contributed by atoms with Crippen molar-refractivity contribution >= 4 is 18.2 Å². The average molecular weight is 383 g/mol. The molecule has 3 atom stereocenters. The maximum absolute atomic E-state index is 13.0. The van der Waals surface area contributed by atoms with Gasteiger partial charge >= 0.3 is 0 Å². The molecule has 0 amide bonds. The topological polar surface area (TPSA) is 69.2 Å². The first-order chi connectivity index (χ1) is 11.5. The van der Waals surface area contributed by atoms with Crippen molar-refractivity contribution in [3.63, 3.8) is 0 Å². The van der Waals surface area contributed by atoms with Crippen LogP contribution >= 0.6 is 0 Å². The molecular weight excluding hydrogens is 352 g/mol. The van der Waals surface area contributed by atoms with Crippen molar-refractivity contribution in [2.45, 2.75) is 74.7 Å². The van der Waals surface area contributed by atoms with Gasteiger partial charge < -0.3 is 4.43 Å². The van der Waals surface area contributed by atoms with Crippen LogP contribution in [-0.4, -0.2) is 38.1 Å². The van der Waals surface area contributed by atoms with E-state index in [0.29, 0.717) is 12.8 Å². The number of hydrogen-bond acceptors (Lipinski definition) is 5. The van der Waals surface area contributed by atoms with Crippen LogP contribution in [0.1, 0.15) is 40.0 Å². The number of allylic oxidation sites excluding steroid dienone is 1. The summed E-state index contributed by atoms with van der Waals surface area (Å²) < 4.78 is 32.5. The first-order valence-corrected chi connectivity index (χ1v) is 13.2. The lowest BCUT2D eigenvalue weighted by molar-refractivity contribution is 0.183. The maximum Gasteiger partial charge on any atom is 0.247 e. The molecule has 0 radical (unpaired) electrons. The van der Waals surface area contributed by atoms with Crippen molar-refractivity contribution in [3.05, 3.63) is 31.1 Å². The molecule has 0 spiro atoms. The molecular formula is C18H30N2O3SSi. The van der Waals surface area contributed by atoms with Gasteiger partial charge in [-0.25, -0.2) is 18.4 Å². The van der Waals surface area contributed by atoms with Gasteiger partial charge in [0.15, 0.2) is 8.32 Å². The Morgan fingerprint density at radius 1 is 1.28 bits per heavy atom. The van der Waals surface area contributed by atoms with Crippen LogP contribution in [0.15, 0.2) is 36.3 Å². The van der Waals surface area contributed by atoms with Crippen LogP contribution in [-0.2, 0) is 14.3 Å². The van der Waals surface area contributed by atoms with Gasteiger partial charge in [0.1, 0.15) is 0 Å². The zero-order chi connectivity index (χ0) is 18.9. The second kappa shape index (κ2) is 7.29. The van der Waals surface area contributed by atoms with Crippen LogP contribution < -0.4 is 0 Å². The molecule has 1 heterocycles. The average Bonchev–Trinajstić information content (AvgIpc) is 2.90. The predicted octanol–water partition coefficient (Wildman–Crippen LogP) is 4.00. The smallest absolute Gasteiger partial charge is 0.247 e. The maximum atomic E-state index is 13.0. The molecule has 1 aliphatic carbocycles. The minimum absolute atomic E-state index is 0.000995. The summed E-state index contributed by atoms with van der Waals surface area (Å²) in [6.07, 6.45) is 6.62. The van der Waals surface area contributed by atoms with E-state index in [1.54, 1.807) is 12.1 Å². The third kappa shape index (κ3) is 4.38. The lowest BCUT2D eigenvalue weighted by Crippen LogP contribution is -2.43. The molecule has 0 bridgehead atoms. The van der Waals surface area contributed by atoms with Crippen molar-refractivity contribution in [1.82, 2.24) is 9.97 Å². The molecule has 140 valence electrons. The number of hydrogen-bond donors (Lipinski definition) is 0. The van der Waals surface area contributed by atoms with E-state index in [4.69, 9.17) is 4.43 Å². The van der Waals surface area contributed by atoms with E-state index in [2.05, 4.69) is 50.4 Å². The SMILES string of the molecule is C=CC[C@H]1C[C@H](O[Si](C)(C)C(C)(C)C)C[C@@H]1S(=O)(=O)c1ncccn1. The van der Waals surface area contributed by atoms with Crippen molar-refractivity contribution in [2.75, 3.05) is 0 Å². The molecule has 1 aliphatic rings. The fraction of sp³-hybridized carbons (Fsp3) is 0.667. The Morgan fingerprint density at radius 2 is 1.88 bits per heavy atom. The standard InChI is InChI=1S/C18H30N2O3SSi/c1-7-9-14-12-15(23-25(5,6)18(2,3)4)13-16(14)24(21,22)17-19-10-8-11-20-17/h7-8,10-11,14-16H,1,9,12-13H2,2-6H3/t14-,15-,16-/m0/s1. The highest BCUT2D eigenvalue weighted by Crippen LogP contribution is 2.43. The molecule has 0 unspecified atom stereocenters. The molecule has 2 rings (SSSR count). The van der Waals surface area contributed by atoms with Crippen molar-refractivity contribution in [2.24, 2.45) is 5.92 Å². The summed E-state index contributed by atoms with van der Waals surface area (Å²) in [7, 11) is -5.51. The van der Waals surface area contributed by atoms with Gasteiger partial charge in [0.2, 0.25) is 15.0 Å². The van der Waals surface area contributed by atoms with E-state index in [9.17, 15) is 8.42 Å². The number of aromatic nitrogens is 2. The number of nitrogens with zero attached hydrogens (tertiary/aromatic N) is 2. The molecule has 25 heavy (non-hydrogen) atoms. The largest absolute Gasteiger partial charge is 0.414 e. The highest BCUT2D eigenvalue weighted by atomic mass is 32.2. The summed E-state index contributed by atoms with van der Waals surface area (Å²) in [5, 5.41) is -0.495. The molecule has 1 aromatic heterocycles. The normalized spacial score (nSPS) is 25.1. The van der Waals surface area contributed by atoms with E-state index < -0.39 is 23.4 Å². The minimum atomic E-state index is -3.57. The Bertz CT molecular complexity index is 699. The Balaban J connectivity index is 2.25. The van der Waals surface area contributed by atoms with Crippen molar-refractivity contribution in [1.29, 1.82) is 0 Å². The first-order valence-electron chi connectivity index (χ1n) is 8.78. The lowest BCUT2D eigenvalue weighted by atomic mass is 10.0. The monoisotopic (exact) mass is 382 g/mol. The first kappa shape index (κ1) is 20.3. The summed E-state index contributed by atoms with van der Waals surface area (Å²) in [6.45, 7) is 14.8. The molecule has 0 aromatic carbocycles. The second-order valence-corrected chi connectivity index (χ2v) is 15.2. The molecule has 1 aromatic rings. The third-order valence-electron chi connectivity index (χ3n) is 5.52. The van der Waals surface area contributed by atoms with E-state index in [1.807, 2.05) is 0 Å². The summed E-state index contributed by atoms with van der Waals surface area (Å²) in [5.41, 5.74) is 0. The van der Waals surface area contributed by atoms with Crippen molar-refractivity contribution in [3.8, 4) is 0 Å². The van der Waals surface area contributed by atoms with Gasteiger partial charge in [-0.2, -0.15) is 0 Å². The van der Waals surface area contributed by atoms with E-state index >= 15 is 0 Å². The van der Waals surface area contributed by atoms with Gasteiger partial charge in [0.05, 0.1) is 5.25 Å². The highest BCUT2D eigenvalue weighted by molar-refractivity contribution is 7.91. The molecule has 5 nitrogen and oxygen atoms in total. The van der Waals surface area contributed by atoms with Gasteiger partial charge in [-0.3, -0.25) is 0 Å². The molecule has 0 aliphatic heterocycles. The molecule has 0 N–H and O–H groups in total. The zero-order valence-corrected chi connectivity index (χ0v) is 17.7. The molecule has 7 heteroatoms. The fourth-order valence-corrected chi connectivity index (χ4v) is 6.40. The van der Waals surface area contributed by atoms with Crippen LogP contribution in [0.4, 0.5) is 0 Å². The summed E-state index contributed by atoms with van der Waals surface area (Å²) in [4.78, 5) is 7.94. The van der Waals surface area contributed by atoms with Crippen LogP contribution in [0, 0.1) is 5.92 Å². The number of rotatable bonds is 6. The van der Waals surface area contributed by atoms with E-state index in [0.717, 1.165) is 6.42 Å². The summed E-state index contributed by atoms with van der Waals surface area (Å²) in [5.74, 6) is 0.000995. The van der Waals surface area contributed by atoms with E-state index in [1.165, 1.54) is 12.4 Å². The quantitative estimate of drug-likeness (QED) is 0.422. The van der Waals surface area contributed by atoms with Crippen LogP contribution in [0.25, 0.3) is 0 Å². The zero-order valence-electron chi connectivity index (χ0n) is 15.9. The van der Waals surface area contributed by atoms with Gasteiger partial charge in [0.25, 0.3) is 0 Å². The summed E-state index contributed by atoms with van der Waals surface area (Å²) >= 11 is 0. The van der Waals surface area contributed by atoms with Crippen LogP contribution in [0.2, 0.25) is 18.1 Å². The van der Waals surface area contributed by atoms with Crippen LogP contribution in [0.5, 0.6) is 0 Å². The van der Waals surface area contributed by atoms with Gasteiger partial charge in [-0.15, -0.1) is 6.58 Å². The third-order valence-corrected chi connectivity index (χ3v) is 12.1. The number of sulfone groups is 1. The molecule has 1 saturated carbocycles. The van der Waals surface area contributed by atoms with Crippen LogP contribution in [0.3, 0.4) is 0 Å². The predicted molar refractivity (Wildman–Crippen MR) is 103 cm³/mol. The minimum Gasteiger partial charge on any atom is -0.414 e. The van der Waals surface area contributed by atoms with Gasteiger partial charge in [0, 0.05) is 18.5 Å². The van der Waals surface area contributed by atoms with Crippen molar-refractivity contribution < 1.29 is 12.8 Å².